The molecule has 10 heavy (non-hydrogen) atoms. The minimum atomic E-state index is -0.309. The van der Waals surface area contributed by atoms with Gasteiger partial charge < -0.3 is 10.8 Å². The fourth-order valence-corrected chi connectivity index (χ4v) is 1.42. The first kappa shape index (κ1) is 7.76. The summed E-state index contributed by atoms with van der Waals surface area (Å²) < 4.78 is 0. The lowest BCUT2D eigenvalue weighted by molar-refractivity contribution is 0.0921. The Morgan fingerprint density at radius 2 is 2.20 bits per heavy atom. The highest BCUT2D eigenvalue weighted by Gasteiger charge is 2.24. The average molecular weight is 141 g/mol. The van der Waals surface area contributed by atoms with Gasteiger partial charge in [0.25, 0.3) is 0 Å². The van der Waals surface area contributed by atoms with Crippen LogP contribution < -0.4 is 5.73 Å². The normalized spacial score (nSPS) is 41.2. The van der Waals surface area contributed by atoms with E-state index in [1.807, 2.05) is 6.08 Å². The summed E-state index contributed by atoms with van der Waals surface area (Å²) in [7, 11) is 0. The van der Waals surface area contributed by atoms with E-state index >= 15 is 0 Å². The predicted molar refractivity (Wildman–Crippen MR) is 41.5 cm³/mol. The molecule has 0 unspecified atom stereocenters. The Hall–Kier alpha value is -0.340. The molecule has 0 aromatic carbocycles. The van der Waals surface area contributed by atoms with Crippen LogP contribution in [-0.4, -0.2) is 17.3 Å². The molecule has 0 aliphatic heterocycles. The molecule has 0 amide bonds. The van der Waals surface area contributed by atoms with Gasteiger partial charge >= 0.3 is 0 Å². The van der Waals surface area contributed by atoms with Gasteiger partial charge in [0.2, 0.25) is 0 Å². The van der Waals surface area contributed by atoms with Gasteiger partial charge in [-0.05, 0) is 25.2 Å². The van der Waals surface area contributed by atoms with E-state index in [4.69, 9.17) is 5.73 Å². The summed E-state index contributed by atoms with van der Waals surface area (Å²) in [5.41, 5.74) is 5.61. The maximum atomic E-state index is 9.31. The van der Waals surface area contributed by atoms with Crippen molar-refractivity contribution in [1.82, 2.24) is 0 Å². The average Bonchev–Trinajstić information content (AvgIpc) is 1.95. The Bertz CT molecular complexity index is 124. The van der Waals surface area contributed by atoms with Crippen molar-refractivity contribution in [3.63, 3.8) is 0 Å². The summed E-state index contributed by atoms with van der Waals surface area (Å²) in [5, 5.41) is 9.31. The second-order valence-corrected chi connectivity index (χ2v) is 3.04. The Morgan fingerprint density at radius 1 is 1.50 bits per heavy atom. The monoisotopic (exact) mass is 141 g/mol. The highest BCUT2D eigenvalue weighted by atomic mass is 16.3. The van der Waals surface area contributed by atoms with Crippen molar-refractivity contribution in [2.24, 2.45) is 11.7 Å². The third kappa shape index (κ3) is 1.58. The Morgan fingerprint density at radius 3 is 2.70 bits per heavy atom. The molecule has 58 valence electrons. The lowest BCUT2D eigenvalue weighted by Gasteiger charge is -2.28. The lowest BCUT2D eigenvalue weighted by Crippen LogP contribution is -2.39. The molecule has 0 saturated heterocycles. The third-order valence-electron chi connectivity index (χ3n) is 2.24. The van der Waals surface area contributed by atoms with Crippen molar-refractivity contribution in [2.45, 2.75) is 31.4 Å². The largest absolute Gasteiger partial charge is 0.391 e. The summed E-state index contributed by atoms with van der Waals surface area (Å²) >= 11 is 0. The summed E-state index contributed by atoms with van der Waals surface area (Å²) in [6.45, 7) is 3.69. The summed E-state index contributed by atoms with van der Waals surface area (Å²) in [6, 6.07) is -0.00352. The van der Waals surface area contributed by atoms with Crippen molar-refractivity contribution in [2.75, 3.05) is 0 Å². The molecule has 1 rings (SSSR count). The lowest BCUT2D eigenvalue weighted by atomic mass is 9.84. The zero-order valence-corrected chi connectivity index (χ0v) is 6.16. The molecular formula is C8H15NO. The summed E-state index contributed by atoms with van der Waals surface area (Å²) in [5.74, 6) is 0.481. The van der Waals surface area contributed by atoms with Crippen molar-refractivity contribution in [3.05, 3.63) is 12.7 Å². The van der Waals surface area contributed by atoms with E-state index in [0.717, 1.165) is 19.3 Å². The zero-order valence-electron chi connectivity index (χ0n) is 6.16. The smallest absolute Gasteiger partial charge is 0.0696 e. The van der Waals surface area contributed by atoms with Crippen LogP contribution >= 0.6 is 0 Å². The van der Waals surface area contributed by atoms with Crippen LogP contribution in [0.3, 0.4) is 0 Å². The molecule has 0 radical (unpaired) electrons. The SMILES string of the molecule is C=C[C@@H]1CC[C@H](N)[C@@H](O)C1. The first-order valence-electron chi connectivity index (χ1n) is 3.80. The van der Waals surface area contributed by atoms with Gasteiger partial charge in [0.15, 0.2) is 0 Å². The summed E-state index contributed by atoms with van der Waals surface area (Å²) in [6.07, 6.45) is 4.41. The fourth-order valence-electron chi connectivity index (χ4n) is 1.42. The van der Waals surface area contributed by atoms with Crippen LogP contribution in [0.1, 0.15) is 19.3 Å². The van der Waals surface area contributed by atoms with Gasteiger partial charge in [0, 0.05) is 6.04 Å². The van der Waals surface area contributed by atoms with Crippen molar-refractivity contribution >= 4 is 0 Å². The molecule has 1 aliphatic carbocycles. The van der Waals surface area contributed by atoms with Crippen LogP contribution in [0.5, 0.6) is 0 Å². The number of hydrogen-bond donors (Lipinski definition) is 2. The van der Waals surface area contributed by atoms with Gasteiger partial charge in [-0.25, -0.2) is 0 Å². The second-order valence-electron chi connectivity index (χ2n) is 3.04. The second kappa shape index (κ2) is 3.17. The molecule has 2 heteroatoms. The van der Waals surface area contributed by atoms with Gasteiger partial charge in [-0.15, -0.1) is 6.58 Å². The van der Waals surface area contributed by atoms with Crippen molar-refractivity contribution in [3.8, 4) is 0 Å². The molecule has 0 heterocycles. The molecule has 3 atom stereocenters. The summed E-state index contributed by atoms with van der Waals surface area (Å²) in [4.78, 5) is 0. The van der Waals surface area contributed by atoms with E-state index in [0.29, 0.717) is 5.92 Å². The molecule has 1 fully saturated rings. The molecule has 0 spiro atoms. The van der Waals surface area contributed by atoms with Crippen LogP contribution in [0, 0.1) is 5.92 Å². The quantitative estimate of drug-likeness (QED) is 0.527. The molecule has 1 saturated carbocycles. The Labute approximate surface area is 61.7 Å². The third-order valence-corrected chi connectivity index (χ3v) is 2.24. The maximum Gasteiger partial charge on any atom is 0.0696 e. The van der Waals surface area contributed by atoms with Gasteiger partial charge in [0.05, 0.1) is 6.10 Å². The standard InChI is InChI=1S/C8H15NO/c1-2-6-3-4-7(9)8(10)5-6/h2,6-8,10H,1,3-5,9H2/t6-,7+,8+/m1/s1. The topological polar surface area (TPSA) is 46.2 Å². The van der Waals surface area contributed by atoms with Crippen LogP contribution in [0.4, 0.5) is 0 Å². The van der Waals surface area contributed by atoms with Gasteiger partial charge in [0.1, 0.15) is 0 Å². The van der Waals surface area contributed by atoms with Crippen LogP contribution in [-0.2, 0) is 0 Å². The molecule has 1 aliphatic rings. The Kier molecular flexibility index (Phi) is 2.46. The minimum absolute atomic E-state index is 0.00352. The van der Waals surface area contributed by atoms with Crippen LogP contribution in [0.25, 0.3) is 0 Å². The Balaban J connectivity index is 2.40. The van der Waals surface area contributed by atoms with Crippen LogP contribution in [0.15, 0.2) is 12.7 Å². The number of aliphatic hydroxyl groups is 1. The van der Waals surface area contributed by atoms with Crippen molar-refractivity contribution < 1.29 is 5.11 Å². The predicted octanol–water partition coefficient (Wildman–Crippen LogP) is 0.661. The van der Waals surface area contributed by atoms with Gasteiger partial charge in [-0.3, -0.25) is 0 Å². The highest BCUT2D eigenvalue weighted by Crippen LogP contribution is 2.23. The molecule has 0 aromatic rings. The minimum Gasteiger partial charge on any atom is -0.391 e. The van der Waals surface area contributed by atoms with Crippen LogP contribution in [0.2, 0.25) is 0 Å². The molecule has 0 bridgehead atoms. The van der Waals surface area contributed by atoms with E-state index < -0.39 is 0 Å². The van der Waals surface area contributed by atoms with Crippen molar-refractivity contribution in [1.29, 1.82) is 0 Å². The number of rotatable bonds is 1. The maximum absolute atomic E-state index is 9.31. The first-order chi connectivity index (χ1) is 4.74. The number of allylic oxidation sites excluding steroid dienone is 1. The number of aliphatic hydroxyl groups excluding tert-OH is 1. The molecular weight excluding hydrogens is 126 g/mol. The van der Waals surface area contributed by atoms with E-state index in [1.165, 1.54) is 0 Å². The van der Waals surface area contributed by atoms with E-state index in [-0.39, 0.29) is 12.1 Å². The van der Waals surface area contributed by atoms with E-state index in [1.54, 1.807) is 0 Å². The molecule has 0 aromatic heterocycles. The first-order valence-corrected chi connectivity index (χ1v) is 3.80. The van der Waals surface area contributed by atoms with E-state index in [9.17, 15) is 5.11 Å². The number of nitrogens with two attached hydrogens (primary N) is 1. The fraction of sp³-hybridized carbons (Fsp3) is 0.750. The molecule has 3 N–H and O–H groups in total. The van der Waals surface area contributed by atoms with Gasteiger partial charge in [-0.2, -0.15) is 0 Å². The number of hydrogen-bond acceptors (Lipinski definition) is 2. The molecule has 2 nitrogen and oxygen atoms in total. The zero-order chi connectivity index (χ0) is 7.56. The van der Waals surface area contributed by atoms with Gasteiger partial charge in [-0.1, -0.05) is 6.08 Å². The van der Waals surface area contributed by atoms with E-state index in [2.05, 4.69) is 6.58 Å². The highest BCUT2D eigenvalue weighted by molar-refractivity contribution is 4.89.